The molecule has 0 aliphatic carbocycles. The fraction of sp³-hybridized carbons (Fsp3) is 0. The molecule has 23 heavy (non-hydrogen) atoms. The van der Waals surface area contributed by atoms with Gasteiger partial charge in [-0.15, -0.1) is 0 Å². The first-order chi connectivity index (χ1) is 9.86. The second-order valence-corrected chi connectivity index (χ2v) is 6.59. The van der Waals surface area contributed by atoms with Crippen LogP contribution in [0.15, 0.2) is 60.7 Å². The first-order valence-electron chi connectivity index (χ1n) is 5.69. The fourth-order valence-electron chi connectivity index (χ4n) is 1.38. The third-order valence-electron chi connectivity index (χ3n) is 2.12. The van der Waals surface area contributed by atoms with Crippen LogP contribution in [0.2, 0.25) is 0 Å². The van der Waals surface area contributed by atoms with Crippen molar-refractivity contribution < 1.29 is 70.0 Å². The maximum absolute atomic E-state index is 11.5. The molecule has 7 nitrogen and oxygen atoms in total. The summed E-state index contributed by atoms with van der Waals surface area (Å²) in [5, 5.41) is 0. The summed E-state index contributed by atoms with van der Waals surface area (Å²) in [5.74, 6) is -0.147. The summed E-state index contributed by atoms with van der Waals surface area (Å²) in [6.45, 7) is 0. The molecule has 0 heterocycles. The molecule has 0 bridgehead atoms. The summed E-state index contributed by atoms with van der Waals surface area (Å²) in [6.07, 6.45) is 0. The van der Waals surface area contributed by atoms with E-state index in [1.54, 1.807) is 12.1 Å². The number of hydrogen-bond donors (Lipinski definition) is 0. The largest absolute Gasteiger partial charge is 1.00 e. The molecule has 0 amide bonds. The molecule has 2 aromatic carbocycles. The Morgan fingerprint density at radius 1 is 0.652 bits per heavy atom. The molecule has 0 aliphatic heterocycles. The van der Waals surface area contributed by atoms with Crippen molar-refractivity contribution in [2.24, 2.45) is 0 Å². The Bertz CT molecular complexity index is 625. The Hall–Kier alpha value is -0.425. The molecule has 0 N–H and O–H groups in total. The number of hydrogen-bond acceptors (Lipinski definition) is 7. The normalized spacial score (nSPS) is 15.0. The molecule has 0 saturated heterocycles. The van der Waals surface area contributed by atoms with Crippen LogP contribution in [0.3, 0.4) is 0 Å². The second kappa shape index (κ2) is 9.77. The molecule has 2 unspecified atom stereocenters. The maximum atomic E-state index is 11.5. The summed E-state index contributed by atoms with van der Waals surface area (Å²) in [4.78, 5) is 23.1. The van der Waals surface area contributed by atoms with Crippen molar-refractivity contribution in [3.63, 3.8) is 0 Å². The predicted molar refractivity (Wildman–Crippen MR) is 70.4 cm³/mol. The van der Waals surface area contributed by atoms with Gasteiger partial charge in [0.05, 0.1) is 0 Å². The van der Waals surface area contributed by atoms with Crippen LogP contribution in [0, 0.1) is 0 Å². The molecule has 0 aromatic heterocycles. The summed E-state index contributed by atoms with van der Waals surface area (Å²) >= 11 is 0. The molecular weight excluding hydrogens is 332 g/mol. The van der Waals surface area contributed by atoms with Crippen molar-refractivity contribution >= 4 is 15.6 Å². The maximum Gasteiger partial charge on any atom is 1.00 e. The number of phosphoric ester groups is 2. The zero-order valence-electron chi connectivity index (χ0n) is 12.5. The van der Waals surface area contributed by atoms with Crippen molar-refractivity contribution in [3.05, 3.63) is 60.7 Å². The Labute approximate surface area is 157 Å². The van der Waals surface area contributed by atoms with E-state index >= 15 is 0 Å². The van der Waals surface area contributed by atoms with Gasteiger partial charge in [0.1, 0.15) is 11.5 Å². The third kappa shape index (κ3) is 8.29. The number of benzene rings is 2. The summed E-state index contributed by atoms with van der Waals surface area (Å²) in [6, 6.07) is 14.7. The van der Waals surface area contributed by atoms with Crippen molar-refractivity contribution in [2.45, 2.75) is 0 Å². The van der Waals surface area contributed by atoms with E-state index in [4.69, 9.17) is 0 Å². The van der Waals surface area contributed by atoms with Crippen LogP contribution in [0.4, 0.5) is 0 Å². The summed E-state index contributed by atoms with van der Waals surface area (Å²) in [7, 11) is -10.2. The fourth-order valence-corrected chi connectivity index (χ4v) is 3.38. The van der Waals surface area contributed by atoms with Crippen LogP contribution in [0.5, 0.6) is 11.5 Å². The van der Waals surface area contributed by atoms with Crippen LogP contribution < -0.4 is 56.6 Å². The van der Waals surface area contributed by atoms with Crippen molar-refractivity contribution in [1.82, 2.24) is 0 Å². The standard InChI is InChI=1S/C12H12O7P2.2Li/c13-20(14,17-11-7-3-1-4-8-11)19-21(15,16)18-12-9-5-2-6-10-12;;/h1-10H,(H,13,14)(H,15,16);;/q;2*+1/p-2. The van der Waals surface area contributed by atoms with Crippen molar-refractivity contribution in [2.75, 3.05) is 0 Å². The van der Waals surface area contributed by atoms with Gasteiger partial charge in [0.2, 0.25) is 0 Å². The minimum absolute atomic E-state index is 0. The average Bonchev–Trinajstić information content (AvgIpc) is 2.38. The van der Waals surface area contributed by atoms with E-state index in [9.17, 15) is 18.9 Å². The van der Waals surface area contributed by atoms with E-state index in [2.05, 4.69) is 13.4 Å². The van der Waals surface area contributed by atoms with Gasteiger partial charge in [0.15, 0.2) is 0 Å². The van der Waals surface area contributed by atoms with E-state index in [-0.39, 0.29) is 49.2 Å². The molecule has 112 valence electrons. The predicted octanol–water partition coefficient (Wildman–Crippen LogP) is -3.89. The van der Waals surface area contributed by atoms with Gasteiger partial charge in [-0.2, -0.15) is 0 Å². The van der Waals surface area contributed by atoms with Crippen LogP contribution in [0.25, 0.3) is 0 Å². The third-order valence-corrected chi connectivity index (χ3v) is 4.59. The van der Waals surface area contributed by atoms with E-state index in [1.165, 1.54) is 48.5 Å². The Balaban J connectivity index is 0.00000242. The molecule has 0 fully saturated rings. The molecule has 0 aliphatic rings. The molecule has 0 saturated carbocycles. The van der Waals surface area contributed by atoms with Crippen molar-refractivity contribution in [3.8, 4) is 11.5 Å². The number of rotatable bonds is 6. The van der Waals surface area contributed by atoms with Gasteiger partial charge in [-0.25, -0.2) is 4.31 Å². The first-order valence-corrected chi connectivity index (χ1v) is 8.61. The van der Waals surface area contributed by atoms with Crippen LogP contribution in [0.1, 0.15) is 0 Å². The monoisotopic (exact) mass is 342 g/mol. The summed E-state index contributed by atoms with van der Waals surface area (Å²) < 4.78 is 36.1. The van der Waals surface area contributed by atoms with E-state index < -0.39 is 15.6 Å². The molecule has 11 heteroatoms. The van der Waals surface area contributed by atoms with Gasteiger partial charge in [0.25, 0.3) is 0 Å². The zero-order chi connectivity index (χ0) is 15.3. The van der Waals surface area contributed by atoms with Gasteiger partial charge in [-0.05, 0) is 24.3 Å². The van der Waals surface area contributed by atoms with Gasteiger partial charge in [0, 0.05) is 0 Å². The minimum Gasteiger partial charge on any atom is -0.746 e. The number of phosphoric acid groups is 2. The van der Waals surface area contributed by atoms with Gasteiger partial charge in [-0.1, -0.05) is 36.4 Å². The Morgan fingerprint density at radius 2 is 0.957 bits per heavy atom. The quantitative estimate of drug-likeness (QED) is 0.390. The van der Waals surface area contributed by atoms with Gasteiger partial charge >= 0.3 is 53.4 Å². The van der Waals surface area contributed by atoms with E-state index in [0.29, 0.717) is 0 Å². The van der Waals surface area contributed by atoms with E-state index in [0.717, 1.165) is 0 Å². The zero-order valence-corrected chi connectivity index (χ0v) is 14.3. The number of para-hydroxylation sites is 2. The molecular formula is C12H10Li2O7P2. The van der Waals surface area contributed by atoms with Crippen LogP contribution in [-0.4, -0.2) is 0 Å². The molecule has 2 atom stereocenters. The van der Waals surface area contributed by atoms with Gasteiger partial charge in [-0.3, -0.25) is 9.13 Å². The second-order valence-electron chi connectivity index (χ2n) is 3.78. The summed E-state index contributed by atoms with van der Waals surface area (Å²) in [5.41, 5.74) is 0. The Kier molecular flexibility index (Phi) is 9.59. The average molecular weight is 342 g/mol. The van der Waals surface area contributed by atoms with Crippen LogP contribution >= 0.6 is 15.6 Å². The smallest absolute Gasteiger partial charge is 0.746 e. The van der Waals surface area contributed by atoms with Gasteiger partial charge < -0.3 is 18.8 Å². The van der Waals surface area contributed by atoms with Crippen molar-refractivity contribution in [1.29, 1.82) is 0 Å². The van der Waals surface area contributed by atoms with E-state index in [1.807, 2.05) is 0 Å². The molecule has 0 radical (unpaired) electrons. The topological polar surface area (TPSA) is 108 Å². The SMILES string of the molecule is O=P([O-])(Oc1ccccc1)OP(=O)([O-])Oc1ccccc1.[Li+].[Li+]. The molecule has 0 spiro atoms. The molecule has 2 rings (SSSR count). The van der Waals surface area contributed by atoms with Crippen LogP contribution in [-0.2, 0) is 13.4 Å². The molecule has 2 aromatic rings. The first kappa shape index (κ1) is 22.6. The Morgan fingerprint density at radius 3 is 1.26 bits per heavy atom. The minimum atomic E-state index is -5.12.